The Morgan fingerprint density at radius 1 is 0.680 bits per heavy atom. The highest BCUT2D eigenvalue weighted by atomic mass is 16.6. The third-order valence-corrected chi connectivity index (χ3v) is 7.69. The monoisotopic (exact) mass is 690 g/mol. The molecule has 0 radical (unpaired) electrons. The molecule has 3 aromatic rings. The van der Waals surface area contributed by atoms with Crippen LogP contribution in [0, 0.1) is 0 Å². The van der Waals surface area contributed by atoms with E-state index in [1.807, 2.05) is 0 Å². The van der Waals surface area contributed by atoms with Gasteiger partial charge in [0.25, 0.3) is 0 Å². The Morgan fingerprint density at radius 2 is 1.20 bits per heavy atom. The Labute approximate surface area is 290 Å². The normalized spacial score (nSPS) is 16.7. The number of carbonyl (C=O) groups excluding carboxylic acids is 6. The van der Waals surface area contributed by atoms with Gasteiger partial charge in [0.05, 0.1) is 36.5 Å². The molecule has 12 nitrogen and oxygen atoms in total. The summed E-state index contributed by atoms with van der Waals surface area (Å²) in [6, 6.07) is 13.9. The van der Waals surface area contributed by atoms with Crippen LogP contribution in [0.1, 0.15) is 86.2 Å². The quantitative estimate of drug-likeness (QED) is 0.217. The Hall–Kier alpha value is -5.26. The first-order valence-electron chi connectivity index (χ1n) is 16.7. The van der Waals surface area contributed by atoms with Gasteiger partial charge in [0.2, 0.25) is 12.2 Å². The molecule has 2 atom stereocenters. The number of hydrogen-bond donors (Lipinski definition) is 0. The fraction of sp³-hybridized carbons (Fsp3) is 0.421. The van der Waals surface area contributed by atoms with Crippen LogP contribution in [0.15, 0.2) is 48.5 Å². The molecule has 1 aliphatic heterocycles. The highest BCUT2D eigenvalue weighted by Gasteiger charge is 2.43. The summed E-state index contributed by atoms with van der Waals surface area (Å²) in [7, 11) is 0. The summed E-state index contributed by atoms with van der Waals surface area (Å²) in [6.45, 7) is 9.70. The summed E-state index contributed by atoms with van der Waals surface area (Å²) < 4.78 is 32.5. The standard InChI is InChI=1S/C38H42O12/c1-7-45-35(41)28-20-27-24-13-11-15-26(27)31(32(28)36(42)46-8-2)25-14-10-9-12-23(25)16-18-29(39)49-33(37(43)47-21(3)4)34(38(44)48-22(5)6)50-30(40)19-17-24/h9-15,20-22,33-34H,7-8,16-19H2,1-6H3/t33-,34-/m1/s1. The number of hydrogen-bond acceptors (Lipinski definition) is 12. The molecule has 1 heterocycles. The number of fused-ring (bicyclic) bond motifs is 2. The third-order valence-electron chi connectivity index (χ3n) is 7.69. The first-order chi connectivity index (χ1) is 23.9. The van der Waals surface area contributed by atoms with E-state index in [-0.39, 0.29) is 50.0 Å². The molecule has 0 N–H and O–H groups in total. The second-order valence-corrected chi connectivity index (χ2v) is 12.1. The van der Waals surface area contributed by atoms with Gasteiger partial charge >= 0.3 is 35.8 Å². The zero-order chi connectivity index (χ0) is 36.5. The lowest BCUT2D eigenvalue weighted by molar-refractivity contribution is -0.194. The summed E-state index contributed by atoms with van der Waals surface area (Å²) >= 11 is 0. The molecule has 266 valence electrons. The lowest BCUT2D eigenvalue weighted by Gasteiger charge is -2.26. The van der Waals surface area contributed by atoms with E-state index in [1.54, 1.807) is 90.1 Å². The SMILES string of the molecule is CCOC(=O)c1cc2c3cccc2c(c1C(=O)OCC)-c1ccccc1CCC(=O)O[C@@H](C(=O)OC(C)C)[C@H](C(=O)OC(C)C)OC(=O)CC3. The maximum atomic E-state index is 13.7. The first-order valence-corrected chi connectivity index (χ1v) is 16.7. The smallest absolute Gasteiger partial charge is 0.352 e. The number of carbonyl (C=O) groups is 6. The molecule has 0 saturated heterocycles. The average molecular weight is 691 g/mol. The van der Waals surface area contributed by atoms with Gasteiger partial charge < -0.3 is 28.4 Å². The Bertz CT molecular complexity index is 1770. The topological polar surface area (TPSA) is 158 Å². The second kappa shape index (κ2) is 16.9. The van der Waals surface area contributed by atoms with Crippen molar-refractivity contribution in [1.29, 1.82) is 0 Å². The molecular formula is C38H42O12. The summed E-state index contributed by atoms with van der Waals surface area (Å²) in [5.41, 5.74) is 2.12. The van der Waals surface area contributed by atoms with Crippen molar-refractivity contribution in [3.63, 3.8) is 0 Å². The van der Waals surface area contributed by atoms with E-state index in [0.717, 1.165) is 0 Å². The molecule has 0 aliphatic carbocycles. The molecule has 3 aromatic carbocycles. The lowest BCUT2D eigenvalue weighted by atomic mass is 9.85. The third kappa shape index (κ3) is 8.85. The molecule has 12 heteroatoms. The lowest BCUT2D eigenvalue weighted by Crippen LogP contribution is -2.48. The van der Waals surface area contributed by atoms with Crippen molar-refractivity contribution < 1.29 is 57.2 Å². The summed E-state index contributed by atoms with van der Waals surface area (Å²) in [6.07, 6.45) is -5.64. The van der Waals surface area contributed by atoms with Crippen molar-refractivity contribution in [3.8, 4) is 11.1 Å². The van der Waals surface area contributed by atoms with Crippen LogP contribution in [-0.4, -0.2) is 73.4 Å². The predicted octanol–water partition coefficient (Wildman–Crippen LogP) is 5.47. The molecule has 0 unspecified atom stereocenters. The van der Waals surface area contributed by atoms with Gasteiger partial charge in [-0.15, -0.1) is 0 Å². The van der Waals surface area contributed by atoms with Crippen molar-refractivity contribution in [2.45, 2.75) is 91.6 Å². The number of rotatable bonds is 8. The van der Waals surface area contributed by atoms with Crippen LogP contribution in [0.25, 0.3) is 21.9 Å². The van der Waals surface area contributed by atoms with Crippen LogP contribution in [0.4, 0.5) is 0 Å². The van der Waals surface area contributed by atoms with Gasteiger partial charge in [0.1, 0.15) is 0 Å². The highest BCUT2D eigenvalue weighted by Crippen LogP contribution is 2.39. The zero-order valence-corrected chi connectivity index (χ0v) is 29.1. The van der Waals surface area contributed by atoms with Gasteiger partial charge in [0.15, 0.2) is 0 Å². The fourth-order valence-electron chi connectivity index (χ4n) is 5.69. The molecule has 4 rings (SSSR count). The number of aryl methyl sites for hydroxylation is 2. The van der Waals surface area contributed by atoms with Crippen molar-refractivity contribution in [2.75, 3.05) is 13.2 Å². The van der Waals surface area contributed by atoms with Crippen molar-refractivity contribution >= 4 is 46.6 Å². The van der Waals surface area contributed by atoms with E-state index in [0.29, 0.717) is 33.0 Å². The Morgan fingerprint density at radius 3 is 1.76 bits per heavy atom. The average Bonchev–Trinajstić information content (AvgIpc) is 3.06. The van der Waals surface area contributed by atoms with Crippen molar-refractivity contribution in [3.05, 3.63) is 70.8 Å². The van der Waals surface area contributed by atoms with Crippen LogP contribution in [-0.2, 0) is 60.4 Å². The predicted molar refractivity (Wildman–Crippen MR) is 180 cm³/mol. The van der Waals surface area contributed by atoms with E-state index < -0.39 is 60.2 Å². The van der Waals surface area contributed by atoms with E-state index >= 15 is 0 Å². The molecule has 0 spiro atoms. The van der Waals surface area contributed by atoms with E-state index in [1.165, 1.54) is 0 Å². The number of esters is 6. The molecule has 50 heavy (non-hydrogen) atoms. The molecule has 1 aliphatic rings. The van der Waals surface area contributed by atoms with Crippen molar-refractivity contribution in [2.24, 2.45) is 0 Å². The minimum atomic E-state index is -1.94. The zero-order valence-electron chi connectivity index (χ0n) is 29.1. The summed E-state index contributed by atoms with van der Waals surface area (Å²) in [5.74, 6) is -5.44. The van der Waals surface area contributed by atoms with Gasteiger partial charge in [-0.1, -0.05) is 42.5 Å². The van der Waals surface area contributed by atoms with Crippen LogP contribution >= 0.6 is 0 Å². The van der Waals surface area contributed by atoms with Crippen LogP contribution < -0.4 is 0 Å². The largest absolute Gasteiger partial charge is 0.462 e. The van der Waals surface area contributed by atoms with Gasteiger partial charge in [-0.05, 0) is 87.9 Å². The highest BCUT2D eigenvalue weighted by molar-refractivity contribution is 6.16. The van der Waals surface area contributed by atoms with E-state index in [9.17, 15) is 28.8 Å². The minimum absolute atomic E-state index is 0.00601. The van der Waals surface area contributed by atoms with Crippen LogP contribution in [0.2, 0.25) is 0 Å². The van der Waals surface area contributed by atoms with Gasteiger partial charge in [-0.25, -0.2) is 19.2 Å². The molecular weight excluding hydrogens is 648 g/mol. The van der Waals surface area contributed by atoms with Crippen LogP contribution in [0.3, 0.4) is 0 Å². The first kappa shape index (κ1) is 37.6. The van der Waals surface area contributed by atoms with Gasteiger partial charge in [-0.3, -0.25) is 9.59 Å². The molecule has 0 amide bonds. The van der Waals surface area contributed by atoms with Crippen molar-refractivity contribution in [1.82, 2.24) is 0 Å². The molecule has 0 aromatic heterocycles. The van der Waals surface area contributed by atoms with E-state index in [4.69, 9.17) is 28.4 Å². The second-order valence-electron chi connectivity index (χ2n) is 12.1. The number of ether oxygens (including phenoxy) is 6. The van der Waals surface area contributed by atoms with Gasteiger partial charge in [0, 0.05) is 18.4 Å². The Balaban J connectivity index is 1.98. The maximum absolute atomic E-state index is 13.7. The van der Waals surface area contributed by atoms with Gasteiger partial charge in [-0.2, -0.15) is 0 Å². The minimum Gasteiger partial charge on any atom is -0.462 e. The van der Waals surface area contributed by atoms with Crippen LogP contribution in [0.5, 0.6) is 0 Å². The van der Waals surface area contributed by atoms with E-state index in [2.05, 4.69) is 0 Å². The summed E-state index contributed by atoms with van der Waals surface area (Å²) in [4.78, 5) is 80.4. The maximum Gasteiger partial charge on any atom is 0.352 e. The summed E-state index contributed by atoms with van der Waals surface area (Å²) in [5, 5.41) is 1.14. The molecule has 0 saturated carbocycles. The number of benzene rings is 3. The Kier molecular flexibility index (Phi) is 12.7. The number of cyclic esters (lactones) is 2. The molecule has 4 bridgehead atoms. The fourth-order valence-corrected chi connectivity index (χ4v) is 5.69. The molecule has 0 fully saturated rings.